The highest BCUT2D eigenvalue weighted by Gasteiger charge is 2.26. The molecule has 150 valence electrons. The van der Waals surface area contributed by atoms with Crippen LogP contribution in [0, 0.1) is 5.92 Å². The molecular formula is C22H27BrN2O3. The second kappa shape index (κ2) is 10.9. The first-order chi connectivity index (χ1) is 13.4. The fraction of sp³-hybridized carbons (Fsp3) is 0.364. The van der Waals surface area contributed by atoms with E-state index in [4.69, 9.17) is 4.74 Å². The molecule has 2 rings (SSSR count). The summed E-state index contributed by atoms with van der Waals surface area (Å²) in [4.78, 5) is 27.0. The van der Waals surface area contributed by atoms with Gasteiger partial charge in [0, 0.05) is 17.6 Å². The zero-order valence-electron chi connectivity index (χ0n) is 16.5. The number of halogens is 1. The predicted octanol–water partition coefficient (Wildman–Crippen LogP) is 4.02. The van der Waals surface area contributed by atoms with Crippen LogP contribution in [0.4, 0.5) is 0 Å². The topological polar surface area (TPSA) is 58.6 Å². The van der Waals surface area contributed by atoms with Crippen molar-refractivity contribution in [2.75, 3.05) is 13.2 Å². The first-order valence-corrected chi connectivity index (χ1v) is 10.2. The minimum absolute atomic E-state index is 0.123. The quantitative estimate of drug-likeness (QED) is 0.632. The minimum atomic E-state index is -0.603. The van der Waals surface area contributed by atoms with Gasteiger partial charge in [0.25, 0.3) is 5.91 Å². The predicted molar refractivity (Wildman–Crippen MR) is 114 cm³/mol. The van der Waals surface area contributed by atoms with Gasteiger partial charge in [-0.05, 0) is 42.7 Å². The van der Waals surface area contributed by atoms with E-state index in [-0.39, 0.29) is 18.4 Å². The van der Waals surface area contributed by atoms with E-state index in [0.717, 1.165) is 10.0 Å². The number of hydrogen-bond acceptors (Lipinski definition) is 3. The van der Waals surface area contributed by atoms with Crippen molar-refractivity contribution in [2.45, 2.75) is 33.4 Å². The standard InChI is InChI=1S/C22H27BrN2O3/c1-16(2)13-24-22(27)17(3)25(14-18-9-11-19(23)12-10-18)21(26)15-28-20-7-5-4-6-8-20/h4-12,16-17H,13-15H2,1-3H3,(H,24,27)/t17-/m1/s1. The number of ether oxygens (including phenoxy) is 1. The van der Waals surface area contributed by atoms with Crippen molar-refractivity contribution in [3.8, 4) is 5.75 Å². The van der Waals surface area contributed by atoms with E-state index < -0.39 is 6.04 Å². The van der Waals surface area contributed by atoms with Crippen molar-refractivity contribution in [1.29, 1.82) is 0 Å². The Balaban J connectivity index is 2.10. The van der Waals surface area contributed by atoms with E-state index in [0.29, 0.717) is 24.8 Å². The number of nitrogens with zero attached hydrogens (tertiary/aromatic N) is 1. The molecule has 0 aliphatic carbocycles. The van der Waals surface area contributed by atoms with Gasteiger partial charge in [-0.15, -0.1) is 0 Å². The van der Waals surface area contributed by atoms with Gasteiger partial charge in [-0.25, -0.2) is 0 Å². The zero-order valence-corrected chi connectivity index (χ0v) is 18.1. The van der Waals surface area contributed by atoms with Crippen LogP contribution in [0.1, 0.15) is 26.3 Å². The average molecular weight is 447 g/mol. The number of para-hydroxylation sites is 1. The highest BCUT2D eigenvalue weighted by Crippen LogP contribution is 2.15. The van der Waals surface area contributed by atoms with Gasteiger partial charge in [0.05, 0.1) is 0 Å². The Morgan fingerprint density at radius 1 is 1.04 bits per heavy atom. The third-order valence-corrected chi connectivity index (χ3v) is 4.75. The van der Waals surface area contributed by atoms with Gasteiger partial charge >= 0.3 is 0 Å². The first kappa shape index (κ1) is 22.0. The second-order valence-corrected chi connectivity index (χ2v) is 7.98. The third-order valence-electron chi connectivity index (χ3n) is 4.22. The number of hydrogen-bond donors (Lipinski definition) is 1. The van der Waals surface area contributed by atoms with Crippen LogP contribution >= 0.6 is 15.9 Å². The smallest absolute Gasteiger partial charge is 0.261 e. The van der Waals surface area contributed by atoms with Crippen molar-refractivity contribution in [3.63, 3.8) is 0 Å². The lowest BCUT2D eigenvalue weighted by molar-refractivity contribution is -0.142. The number of rotatable bonds is 9. The Hall–Kier alpha value is -2.34. The molecule has 2 amide bonds. The summed E-state index contributed by atoms with van der Waals surface area (Å²) in [5.41, 5.74) is 0.944. The Kier molecular flexibility index (Phi) is 8.51. The Labute approximate surface area is 175 Å². The van der Waals surface area contributed by atoms with E-state index in [9.17, 15) is 9.59 Å². The minimum Gasteiger partial charge on any atom is -0.484 e. The molecule has 0 radical (unpaired) electrons. The second-order valence-electron chi connectivity index (χ2n) is 7.06. The molecule has 5 nitrogen and oxygen atoms in total. The van der Waals surface area contributed by atoms with Gasteiger partial charge < -0.3 is 15.0 Å². The van der Waals surface area contributed by atoms with Crippen molar-refractivity contribution in [2.24, 2.45) is 5.92 Å². The Bertz CT molecular complexity index is 763. The van der Waals surface area contributed by atoms with E-state index >= 15 is 0 Å². The van der Waals surface area contributed by atoms with Crippen molar-refractivity contribution < 1.29 is 14.3 Å². The molecule has 0 fully saturated rings. The van der Waals surface area contributed by atoms with Crippen LogP contribution in [0.25, 0.3) is 0 Å². The summed E-state index contributed by atoms with van der Waals surface area (Å²) in [7, 11) is 0. The Morgan fingerprint density at radius 3 is 2.29 bits per heavy atom. The van der Waals surface area contributed by atoms with Crippen LogP contribution in [0.2, 0.25) is 0 Å². The number of nitrogens with one attached hydrogen (secondary N) is 1. The highest BCUT2D eigenvalue weighted by molar-refractivity contribution is 9.10. The summed E-state index contributed by atoms with van der Waals surface area (Å²) in [6.45, 7) is 6.59. The lowest BCUT2D eigenvalue weighted by Gasteiger charge is -2.29. The first-order valence-electron chi connectivity index (χ1n) is 9.36. The Morgan fingerprint density at radius 2 is 1.68 bits per heavy atom. The number of carbonyl (C=O) groups is 2. The van der Waals surface area contributed by atoms with Crippen molar-refractivity contribution in [1.82, 2.24) is 10.2 Å². The third kappa shape index (κ3) is 7.00. The average Bonchev–Trinajstić information content (AvgIpc) is 2.70. The molecule has 0 bridgehead atoms. The molecule has 0 unspecified atom stereocenters. The molecule has 0 spiro atoms. The molecular weight excluding hydrogens is 420 g/mol. The van der Waals surface area contributed by atoms with Crippen LogP contribution in [0.3, 0.4) is 0 Å². The fourth-order valence-corrected chi connectivity index (χ4v) is 2.83. The van der Waals surface area contributed by atoms with E-state index in [1.807, 2.05) is 56.3 Å². The van der Waals surface area contributed by atoms with Crippen molar-refractivity contribution >= 4 is 27.7 Å². The fourth-order valence-electron chi connectivity index (χ4n) is 2.57. The van der Waals surface area contributed by atoms with E-state index in [2.05, 4.69) is 21.2 Å². The summed E-state index contributed by atoms with van der Waals surface area (Å²) in [6.07, 6.45) is 0. The normalized spacial score (nSPS) is 11.8. The SMILES string of the molecule is CC(C)CNC(=O)[C@@H](C)N(Cc1ccc(Br)cc1)C(=O)COc1ccccc1. The summed E-state index contributed by atoms with van der Waals surface area (Å²) >= 11 is 3.41. The maximum absolute atomic E-state index is 12.9. The van der Waals surface area contributed by atoms with Crippen LogP contribution in [-0.4, -0.2) is 35.9 Å². The van der Waals surface area contributed by atoms with E-state index in [1.54, 1.807) is 24.0 Å². The van der Waals surface area contributed by atoms with E-state index in [1.165, 1.54) is 0 Å². The van der Waals surface area contributed by atoms with Gasteiger partial charge in [-0.1, -0.05) is 60.1 Å². The van der Waals surface area contributed by atoms with Crippen LogP contribution in [-0.2, 0) is 16.1 Å². The summed E-state index contributed by atoms with van der Waals surface area (Å²) < 4.78 is 6.57. The summed E-state index contributed by atoms with van der Waals surface area (Å²) in [5, 5.41) is 2.90. The molecule has 0 heterocycles. The molecule has 28 heavy (non-hydrogen) atoms. The molecule has 6 heteroatoms. The highest BCUT2D eigenvalue weighted by atomic mass is 79.9. The lowest BCUT2D eigenvalue weighted by atomic mass is 10.1. The maximum Gasteiger partial charge on any atom is 0.261 e. The number of benzene rings is 2. The summed E-state index contributed by atoms with van der Waals surface area (Å²) in [6, 6.07) is 16.3. The monoisotopic (exact) mass is 446 g/mol. The molecule has 0 aliphatic rings. The van der Waals surface area contributed by atoms with Crippen LogP contribution < -0.4 is 10.1 Å². The van der Waals surface area contributed by atoms with Crippen molar-refractivity contribution in [3.05, 3.63) is 64.6 Å². The number of amides is 2. The molecule has 0 aliphatic heterocycles. The summed E-state index contributed by atoms with van der Waals surface area (Å²) in [5.74, 6) is 0.558. The van der Waals surface area contributed by atoms with Gasteiger partial charge in [0.1, 0.15) is 11.8 Å². The molecule has 1 atom stereocenters. The van der Waals surface area contributed by atoms with Gasteiger partial charge in [0.2, 0.25) is 5.91 Å². The van der Waals surface area contributed by atoms with Gasteiger partial charge in [0.15, 0.2) is 6.61 Å². The zero-order chi connectivity index (χ0) is 20.5. The molecule has 2 aromatic rings. The molecule has 0 saturated heterocycles. The largest absolute Gasteiger partial charge is 0.484 e. The van der Waals surface area contributed by atoms with Gasteiger partial charge in [-0.3, -0.25) is 9.59 Å². The number of carbonyl (C=O) groups excluding carboxylic acids is 2. The molecule has 2 aromatic carbocycles. The van der Waals surface area contributed by atoms with Crippen LogP contribution in [0.15, 0.2) is 59.1 Å². The van der Waals surface area contributed by atoms with Crippen LogP contribution in [0.5, 0.6) is 5.75 Å². The van der Waals surface area contributed by atoms with Gasteiger partial charge in [-0.2, -0.15) is 0 Å². The maximum atomic E-state index is 12.9. The lowest BCUT2D eigenvalue weighted by Crippen LogP contribution is -2.49. The molecule has 0 saturated carbocycles. The molecule has 0 aromatic heterocycles. The molecule has 1 N–H and O–H groups in total.